The third-order valence-electron chi connectivity index (χ3n) is 4.32. The third-order valence-corrected chi connectivity index (χ3v) is 7.52. The van der Waals surface area contributed by atoms with Crippen molar-refractivity contribution < 1.29 is 22.1 Å². The molecule has 0 N–H and O–H groups in total. The fourth-order valence-electron chi connectivity index (χ4n) is 2.82. The second-order valence-electron chi connectivity index (χ2n) is 6.69. The molecule has 2 aromatic rings. The highest BCUT2D eigenvalue weighted by Crippen LogP contribution is 2.40. The molecule has 0 aromatic heterocycles. The minimum atomic E-state index is -4.08. The van der Waals surface area contributed by atoms with Gasteiger partial charge in [-0.05, 0) is 65.7 Å². The van der Waals surface area contributed by atoms with Gasteiger partial charge in [0.2, 0.25) is 0 Å². The van der Waals surface area contributed by atoms with Crippen LogP contribution in [-0.4, -0.2) is 36.7 Å². The Hall–Kier alpha value is -2.14. The van der Waals surface area contributed by atoms with Gasteiger partial charge in [0, 0.05) is 6.54 Å². The van der Waals surface area contributed by atoms with E-state index >= 15 is 0 Å². The summed E-state index contributed by atoms with van der Waals surface area (Å²) in [6.07, 6.45) is 3.28. The van der Waals surface area contributed by atoms with E-state index in [1.54, 1.807) is 43.3 Å². The highest BCUT2D eigenvalue weighted by atomic mass is 79.9. The van der Waals surface area contributed by atoms with Gasteiger partial charge in [0.15, 0.2) is 11.5 Å². The molecule has 1 fully saturated rings. The number of halogens is 1. The first-order chi connectivity index (χ1) is 15.2. The normalized spacial score (nSPS) is 15.3. The monoisotopic (exact) mass is 553 g/mol. The van der Waals surface area contributed by atoms with Crippen LogP contribution < -0.4 is 8.92 Å². The fourth-order valence-corrected chi connectivity index (χ4v) is 5.70. The van der Waals surface area contributed by atoms with Crippen LogP contribution in [0, 0.1) is 6.92 Å². The number of aryl methyl sites for hydroxylation is 1. The van der Waals surface area contributed by atoms with Crippen molar-refractivity contribution in [2.75, 3.05) is 13.2 Å². The molecule has 1 aliphatic rings. The van der Waals surface area contributed by atoms with Gasteiger partial charge in [0.25, 0.3) is 5.91 Å². The van der Waals surface area contributed by atoms with Crippen LogP contribution in [0.25, 0.3) is 6.08 Å². The quantitative estimate of drug-likeness (QED) is 0.190. The van der Waals surface area contributed by atoms with E-state index in [1.165, 1.54) is 28.8 Å². The van der Waals surface area contributed by atoms with Gasteiger partial charge in [0.05, 0.1) is 16.0 Å². The van der Waals surface area contributed by atoms with Crippen LogP contribution in [0.3, 0.4) is 0 Å². The summed E-state index contributed by atoms with van der Waals surface area (Å²) in [4.78, 5) is 14.5. The van der Waals surface area contributed by atoms with Gasteiger partial charge < -0.3 is 8.92 Å². The molecule has 0 unspecified atom stereocenters. The van der Waals surface area contributed by atoms with Crippen LogP contribution in [-0.2, 0) is 14.9 Å². The second kappa shape index (κ2) is 10.2. The summed E-state index contributed by atoms with van der Waals surface area (Å²) >= 11 is 9.83. The average Bonchev–Trinajstić information content (AvgIpc) is 2.99. The number of hydrogen-bond donors (Lipinski definition) is 0. The molecule has 1 heterocycles. The number of nitrogens with zero attached hydrogens (tertiary/aromatic N) is 1. The zero-order valence-electron chi connectivity index (χ0n) is 17.3. The second-order valence-corrected chi connectivity index (χ2v) is 10.8. The number of benzene rings is 2. The van der Waals surface area contributed by atoms with E-state index in [0.717, 1.165) is 5.56 Å². The molecule has 3 rings (SSSR count). The summed E-state index contributed by atoms with van der Waals surface area (Å²) in [5.74, 6) is 0.0467. The Labute approximate surface area is 205 Å². The van der Waals surface area contributed by atoms with Gasteiger partial charge in [-0.2, -0.15) is 8.42 Å². The number of thioether (sulfide) groups is 1. The van der Waals surface area contributed by atoms with Crippen LogP contribution in [0.4, 0.5) is 0 Å². The topological polar surface area (TPSA) is 72.9 Å². The predicted octanol–water partition coefficient (Wildman–Crippen LogP) is 5.31. The Kier molecular flexibility index (Phi) is 7.81. The summed E-state index contributed by atoms with van der Waals surface area (Å²) in [7, 11) is -4.08. The van der Waals surface area contributed by atoms with Gasteiger partial charge >= 0.3 is 10.1 Å². The molecule has 168 valence electrons. The Bertz CT molecular complexity index is 1210. The maximum absolute atomic E-state index is 12.8. The lowest BCUT2D eigenvalue weighted by Crippen LogP contribution is -2.27. The zero-order chi connectivity index (χ0) is 23.5. The van der Waals surface area contributed by atoms with Gasteiger partial charge in [-0.15, -0.1) is 6.58 Å². The number of rotatable bonds is 8. The third kappa shape index (κ3) is 5.43. The number of carbonyl (C=O) groups excluding carboxylic acids is 1. The Morgan fingerprint density at radius 2 is 1.94 bits per heavy atom. The van der Waals surface area contributed by atoms with Gasteiger partial charge in [-0.3, -0.25) is 9.69 Å². The molecular weight excluding hydrogens is 534 g/mol. The lowest BCUT2D eigenvalue weighted by molar-refractivity contribution is -0.121. The van der Waals surface area contributed by atoms with Crippen molar-refractivity contribution in [2.45, 2.75) is 18.7 Å². The number of amides is 1. The predicted molar refractivity (Wildman–Crippen MR) is 134 cm³/mol. The summed E-state index contributed by atoms with van der Waals surface area (Å²) in [5.41, 5.74) is 1.56. The molecular formula is C22H20BrNO5S3. The lowest BCUT2D eigenvalue weighted by atomic mass is 10.2. The number of hydrogen-bond acceptors (Lipinski definition) is 7. The SMILES string of the molecule is C=CCN1C(=O)/C(=C/c2cc(Br)c(OS(=O)(=O)c3ccc(C)cc3)c(OCC)c2)SC1=S. The fraction of sp³-hybridized carbons (Fsp3) is 0.182. The molecule has 1 saturated heterocycles. The summed E-state index contributed by atoms with van der Waals surface area (Å²) in [5, 5.41) is 0. The molecule has 0 spiro atoms. The van der Waals surface area contributed by atoms with E-state index in [9.17, 15) is 13.2 Å². The van der Waals surface area contributed by atoms with Crippen molar-refractivity contribution in [3.05, 3.63) is 69.6 Å². The van der Waals surface area contributed by atoms with E-state index in [-0.39, 0.29) is 28.9 Å². The van der Waals surface area contributed by atoms with E-state index in [1.807, 2.05) is 6.92 Å². The molecule has 1 aliphatic heterocycles. The number of carbonyl (C=O) groups is 1. The smallest absolute Gasteiger partial charge is 0.339 e. The van der Waals surface area contributed by atoms with Crippen molar-refractivity contribution in [1.82, 2.24) is 4.90 Å². The Morgan fingerprint density at radius 1 is 1.25 bits per heavy atom. The molecule has 0 radical (unpaired) electrons. The van der Waals surface area contributed by atoms with Crippen LogP contribution in [0.1, 0.15) is 18.1 Å². The van der Waals surface area contributed by atoms with E-state index < -0.39 is 10.1 Å². The van der Waals surface area contributed by atoms with Gasteiger partial charge in [-0.25, -0.2) is 0 Å². The molecule has 32 heavy (non-hydrogen) atoms. The average molecular weight is 555 g/mol. The zero-order valence-corrected chi connectivity index (χ0v) is 21.4. The molecule has 1 amide bonds. The molecule has 0 bridgehead atoms. The largest absolute Gasteiger partial charge is 0.490 e. The standard InChI is InChI=1S/C22H20BrNO5S3/c1-4-10-24-21(25)19(31-22(24)30)13-15-11-17(23)20(18(12-15)28-5-2)29-32(26,27)16-8-6-14(3)7-9-16/h4,6-9,11-13H,1,5,10H2,2-3H3/b19-13-. The number of ether oxygens (including phenoxy) is 1. The Balaban J connectivity index is 1.97. The molecule has 6 nitrogen and oxygen atoms in total. The van der Waals surface area contributed by atoms with Crippen LogP contribution in [0.2, 0.25) is 0 Å². The maximum Gasteiger partial charge on any atom is 0.339 e. The summed E-state index contributed by atoms with van der Waals surface area (Å²) in [6, 6.07) is 9.63. The van der Waals surface area contributed by atoms with E-state index in [0.29, 0.717) is 25.8 Å². The number of thiocarbonyl (C=S) groups is 1. The Morgan fingerprint density at radius 3 is 2.56 bits per heavy atom. The minimum Gasteiger partial charge on any atom is -0.490 e. The minimum absolute atomic E-state index is 0.0313. The van der Waals surface area contributed by atoms with Crippen molar-refractivity contribution >= 4 is 66.3 Å². The van der Waals surface area contributed by atoms with Crippen molar-refractivity contribution in [2.24, 2.45) is 0 Å². The summed E-state index contributed by atoms with van der Waals surface area (Å²) < 4.78 is 37.4. The van der Waals surface area contributed by atoms with Crippen LogP contribution in [0.5, 0.6) is 11.5 Å². The molecule has 2 aromatic carbocycles. The van der Waals surface area contributed by atoms with Crippen molar-refractivity contribution in [3.8, 4) is 11.5 Å². The maximum atomic E-state index is 12.8. The first-order valence-corrected chi connectivity index (χ1v) is 12.9. The molecule has 0 atom stereocenters. The highest BCUT2D eigenvalue weighted by molar-refractivity contribution is 9.10. The molecule has 0 aliphatic carbocycles. The molecule has 10 heteroatoms. The van der Waals surface area contributed by atoms with Gasteiger partial charge in [-0.1, -0.05) is 47.8 Å². The first-order valence-electron chi connectivity index (χ1n) is 9.50. The van der Waals surface area contributed by atoms with Crippen LogP contribution in [0.15, 0.2) is 63.3 Å². The van der Waals surface area contributed by atoms with Crippen molar-refractivity contribution in [1.29, 1.82) is 0 Å². The lowest BCUT2D eigenvalue weighted by Gasteiger charge is -2.15. The molecule has 0 saturated carbocycles. The van der Waals surface area contributed by atoms with E-state index in [4.69, 9.17) is 21.1 Å². The van der Waals surface area contributed by atoms with E-state index in [2.05, 4.69) is 22.5 Å². The highest BCUT2D eigenvalue weighted by Gasteiger charge is 2.31. The van der Waals surface area contributed by atoms with Gasteiger partial charge in [0.1, 0.15) is 9.22 Å². The summed E-state index contributed by atoms with van der Waals surface area (Å²) in [6.45, 7) is 7.91. The van der Waals surface area contributed by atoms with Crippen LogP contribution >= 0.6 is 39.9 Å². The first kappa shape index (κ1) is 24.5. The van der Waals surface area contributed by atoms with Crippen molar-refractivity contribution in [3.63, 3.8) is 0 Å².